The number of pyridine rings is 2. The van der Waals surface area contributed by atoms with Crippen LogP contribution < -0.4 is 10.9 Å². The molecule has 1 aromatic carbocycles. The number of halogens is 1. The zero-order valence-electron chi connectivity index (χ0n) is 17.4. The molecule has 1 amide bonds. The number of aliphatic hydroxyl groups excluding tert-OH is 1. The minimum absolute atomic E-state index is 0.0391. The summed E-state index contributed by atoms with van der Waals surface area (Å²) in [6.07, 6.45) is 1.26. The first-order valence-electron chi connectivity index (χ1n) is 10.0. The molecule has 0 aliphatic carbocycles. The number of aromatic nitrogens is 2. The number of fused-ring (bicyclic) bond motifs is 1. The molecule has 0 aliphatic heterocycles. The van der Waals surface area contributed by atoms with Gasteiger partial charge in [-0.05, 0) is 42.2 Å². The molecule has 0 fully saturated rings. The Kier molecular flexibility index (Phi) is 7.60. The number of aromatic hydroxyl groups is 1. The number of hydrogen-bond acceptors (Lipinski definition) is 6. The van der Waals surface area contributed by atoms with Crippen molar-refractivity contribution in [3.63, 3.8) is 0 Å². The second-order valence-electron chi connectivity index (χ2n) is 7.42. The minimum Gasteiger partial charge on any atom is -0.505 e. The first kappa shape index (κ1) is 24.5. The van der Waals surface area contributed by atoms with E-state index in [-0.39, 0.29) is 43.0 Å². The second kappa shape index (κ2) is 10.2. The van der Waals surface area contributed by atoms with Gasteiger partial charge in [-0.15, -0.1) is 0 Å². The van der Waals surface area contributed by atoms with Crippen molar-refractivity contribution in [2.75, 3.05) is 19.3 Å². The Morgan fingerprint density at radius 3 is 2.52 bits per heavy atom. The molecule has 0 radical (unpaired) electrons. The Morgan fingerprint density at radius 1 is 1.18 bits per heavy atom. The Hall–Kier alpha value is -3.11. The first-order valence-corrected chi connectivity index (χ1v) is 11.8. The number of rotatable bonds is 9. The van der Waals surface area contributed by atoms with Crippen LogP contribution in [0.3, 0.4) is 0 Å². The summed E-state index contributed by atoms with van der Waals surface area (Å²) in [7, 11) is -4.31. The largest absolute Gasteiger partial charge is 0.505 e. The summed E-state index contributed by atoms with van der Waals surface area (Å²) in [4.78, 5) is 48.0. The maximum absolute atomic E-state index is 13.2. The molecular formula is C21H23FN3O7P. The Bertz CT molecular complexity index is 1270. The van der Waals surface area contributed by atoms with E-state index < -0.39 is 36.5 Å². The number of nitrogens with one attached hydrogen (secondary N) is 1. The van der Waals surface area contributed by atoms with Crippen LogP contribution in [-0.4, -0.2) is 54.8 Å². The van der Waals surface area contributed by atoms with Crippen LogP contribution in [0, 0.1) is 5.82 Å². The first-order chi connectivity index (χ1) is 15.6. The standard InChI is InChI=1S/C21H23FN3O7P/c22-15-4-2-13(3-5-15)10-14-11-16-18(24-12-14)19(27)17(20(28)23-6-8-26)21(29)25(16)7-1-9-33(30,31)32/h2-5,11-12,26-27H,1,6-10H2,(H,23,28)(H2,30,31,32). The molecule has 3 rings (SSSR count). The summed E-state index contributed by atoms with van der Waals surface area (Å²) >= 11 is 0. The highest BCUT2D eigenvalue weighted by atomic mass is 31.2. The molecule has 2 heterocycles. The molecule has 5 N–H and O–H groups in total. The fourth-order valence-corrected chi connectivity index (χ4v) is 3.95. The summed E-state index contributed by atoms with van der Waals surface area (Å²) in [5.41, 5.74) is 0.114. The van der Waals surface area contributed by atoms with Crippen molar-refractivity contribution in [3.05, 3.63) is 69.4 Å². The molecule has 10 nitrogen and oxygen atoms in total. The third-order valence-electron chi connectivity index (χ3n) is 4.91. The number of carbonyl (C=O) groups is 1. The van der Waals surface area contributed by atoms with Gasteiger partial charge in [0.2, 0.25) is 0 Å². The van der Waals surface area contributed by atoms with E-state index in [1.54, 1.807) is 18.2 Å². The van der Waals surface area contributed by atoms with E-state index in [1.165, 1.54) is 18.3 Å². The maximum Gasteiger partial charge on any atom is 0.325 e. The van der Waals surface area contributed by atoms with Gasteiger partial charge in [-0.25, -0.2) is 4.39 Å². The fraction of sp³-hybridized carbons (Fsp3) is 0.286. The summed E-state index contributed by atoms with van der Waals surface area (Å²) < 4.78 is 25.6. The van der Waals surface area contributed by atoms with Crippen molar-refractivity contribution in [1.82, 2.24) is 14.9 Å². The lowest BCUT2D eigenvalue weighted by atomic mass is 10.1. The molecule has 0 aliphatic rings. The van der Waals surface area contributed by atoms with Gasteiger partial charge in [0.25, 0.3) is 11.5 Å². The topological polar surface area (TPSA) is 162 Å². The molecule has 12 heteroatoms. The summed E-state index contributed by atoms with van der Waals surface area (Å²) in [5, 5.41) is 21.8. The number of aryl methyl sites for hydroxylation is 1. The summed E-state index contributed by atoms with van der Waals surface area (Å²) in [6.45, 7) is -0.651. The second-order valence-corrected chi connectivity index (χ2v) is 9.19. The number of carbonyl (C=O) groups excluding carboxylic acids is 1. The van der Waals surface area contributed by atoms with Gasteiger partial charge in [0.1, 0.15) is 16.9 Å². The summed E-state index contributed by atoms with van der Waals surface area (Å²) in [6, 6.07) is 7.40. The van der Waals surface area contributed by atoms with E-state index in [1.807, 2.05) is 0 Å². The number of hydrogen-bond donors (Lipinski definition) is 5. The van der Waals surface area contributed by atoms with Crippen molar-refractivity contribution in [3.8, 4) is 5.75 Å². The van der Waals surface area contributed by atoms with Crippen LogP contribution in [0.2, 0.25) is 0 Å². The third-order valence-corrected chi connectivity index (χ3v) is 5.81. The predicted octanol–water partition coefficient (Wildman–Crippen LogP) is 1.12. The van der Waals surface area contributed by atoms with Crippen molar-refractivity contribution in [2.45, 2.75) is 19.4 Å². The van der Waals surface area contributed by atoms with E-state index in [0.29, 0.717) is 12.0 Å². The molecule has 0 bridgehead atoms. The van der Waals surface area contributed by atoms with E-state index in [4.69, 9.17) is 14.9 Å². The highest BCUT2D eigenvalue weighted by Crippen LogP contribution is 2.35. The molecule has 33 heavy (non-hydrogen) atoms. The van der Waals surface area contributed by atoms with Crippen LogP contribution in [0.4, 0.5) is 4.39 Å². The zero-order valence-corrected chi connectivity index (χ0v) is 18.3. The van der Waals surface area contributed by atoms with Gasteiger partial charge < -0.3 is 29.9 Å². The summed E-state index contributed by atoms with van der Waals surface area (Å²) in [5.74, 6) is -1.93. The van der Waals surface area contributed by atoms with Crippen molar-refractivity contribution in [1.29, 1.82) is 0 Å². The van der Waals surface area contributed by atoms with E-state index in [0.717, 1.165) is 10.1 Å². The van der Waals surface area contributed by atoms with Gasteiger partial charge >= 0.3 is 7.60 Å². The lowest BCUT2D eigenvalue weighted by Gasteiger charge is -2.15. The normalized spacial score (nSPS) is 11.6. The van der Waals surface area contributed by atoms with Gasteiger partial charge in [0.05, 0.1) is 18.3 Å². The van der Waals surface area contributed by atoms with Crippen molar-refractivity contribution in [2.24, 2.45) is 0 Å². The van der Waals surface area contributed by atoms with E-state index >= 15 is 0 Å². The average Bonchev–Trinajstić information content (AvgIpc) is 2.75. The van der Waals surface area contributed by atoms with E-state index in [2.05, 4.69) is 10.3 Å². The van der Waals surface area contributed by atoms with Crippen molar-refractivity contribution >= 4 is 24.5 Å². The molecule has 0 saturated carbocycles. The Balaban J connectivity index is 2.10. The number of aliphatic hydroxyl groups is 1. The Morgan fingerprint density at radius 2 is 1.88 bits per heavy atom. The Labute approximate surface area is 187 Å². The number of benzene rings is 1. The minimum atomic E-state index is -4.31. The van der Waals surface area contributed by atoms with Gasteiger partial charge in [0, 0.05) is 19.3 Å². The van der Waals surface area contributed by atoms with Gasteiger partial charge in [-0.2, -0.15) is 0 Å². The SMILES string of the molecule is O=C(NCCO)c1c(O)c2ncc(Cc3ccc(F)cc3)cc2n(CCCP(=O)(O)O)c1=O. The van der Waals surface area contributed by atoms with Crippen LogP contribution >= 0.6 is 7.60 Å². The van der Waals surface area contributed by atoms with Crippen LogP contribution in [0.25, 0.3) is 11.0 Å². The number of nitrogens with zero attached hydrogens (tertiary/aromatic N) is 2. The van der Waals surface area contributed by atoms with Crippen LogP contribution in [0.1, 0.15) is 27.9 Å². The van der Waals surface area contributed by atoms with Crippen molar-refractivity contribution < 1.29 is 33.7 Å². The zero-order chi connectivity index (χ0) is 24.2. The quantitative estimate of drug-likeness (QED) is 0.285. The average molecular weight is 479 g/mol. The van der Waals surface area contributed by atoms with Crippen LogP contribution in [0.5, 0.6) is 5.75 Å². The molecule has 0 spiro atoms. The number of amides is 1. The monoisotopic (exact) mass is 479 g/mol. The van der Waals surface area contributed by atoms with Crippen LogP contribution in [-0.2, 0) is 17.5 Å². The molecule has 0 atom stereocenters. The van der Waals surface area contributed by atoms with Gasteiger partial charge in [0.15, 0.2) is 5.75 Å². The highest BCUT2D eigenvalue weighted by molar-refractivity contribution is 7.51. The third kappa shape index (κ3) is 6.02. The fourth-order valence-electron chi connectivity index (χ4n) is 3.40. The smallest absolute Gasteiger partial charge is 0.325 e. The predicted molar refractivity (Wildman–Crippen MR) is 118 cm³/mol. The molecular weight excluding hydrogens is 456 g/mol. The van der Waals surface area contributed by atoms with Crippen LogP contribution in [0.15, 0.2) is 41.3 Å². The lowest BCUT2D eigenvalue weighted by Crippen LogP contribution is -2.35. The molecule has 2 aromatic heterocycles. The maximum atomic E-state index is 13.2. The molecule has 3 aromatic rings. The molecule has 176 valence electrons. The van der Waals surface area contributed by atoms with Gasteiger partial charge in [-0.3, -0.25) is 19.1 Å². The highest BCUT2D eigenvalue weighted by Gasteiger charge is 2.24. The van der Waals surface area contributed by atoms with E-state index in [9.17, 15) is 23.7 Å². The lowest BCUT2D eigenvalue weighted by molar-refractivity contribution is 0.0940. The molecule has 0 unspecified atom stereocenters. The molecule has 0 saturated heterocycles. The van der Waals surface area contributed by atoms with Gasteiger partial charge in [-0.1, -0.05) is 12.1 Å².